The number of halogens is 1. The lowest BCUT2D eigenvalue weighted by atomic mass is 9.91. The highest BCUT2D eigenvalue weighted by molar-refractivity contribution is 5.46. The molecule has 122 valence electrons. The molecule has 0 aromatic heterocycles. The molecule has 0 fully saturated rings. The van der Waals surface area contributed by atoms with Crippen LogP contribution in [-0.2, 0) is 6.42 Å². The largest absolute Gasteiger partial charge is 0.488 e. The lowest BCUT2D eigenvalue weighted by molar-refractivity contribution is 0.196. The van der Waals surface area contributed by atoms with Gasteiger partial charge in [0.1, 0.15) is 6.61 Å². The van der Waals surface area contributed by atoms with Gasteiger partial charge in [0.15, 0.2) is 17.3 Å². The van der Waals surface area contributed by atoms with Gasteiger partial charge < -0.3 is 9.84 Å². The van der Waals surface area contributed by atoms with E-state index in [2.05, 4.69) is 10.9 Å². The van der Waals surface area contributed by atoms with E-state index in [1.807, 2.05) is 0 Å². The van der Waals surface area contributed by atoms with Crippen molar-refractivity contribution in [3.8, 4) is 11.8 Å². The molecule has 24 heavy (non-hydrogen) atoms. The Balaban J connectivity index is 2.31. The van der Waals surface area contributed by atoms with Crippen molar-refractivity contribution in [3.63, 3.8) is 0 Å². The first kappa shape index (κ1) is 17.5. The van der Waals surface area contributed by atoms with E-state index in [1.54, 1.807) is 43.3 Å². The molecular formula is C19H17FN2O2. The van der Waals surface area contributed by atoms with Gasteiger partial charge in [0.2, 0.25) is 0 Å². The van der Waals surface area contributed by atoms with Crippen LogP contribution in [0.15, 0.2) is 36.4 Å². The van der Waals surface area contributed by atoms with Crippen LogP contribution in [0.4, 0.5) is 10.1 Å². The topological polar surface area (TPSA) is 57.6 Å². The predicted molar refractivity (Wildman–Crippen MR) is 88.5 cm³/mol. The van der Waals surface area contributed by atoms with Gasteiger partial charge in [-0.25, -0.2) is 9.24 Å². The monoisotopic (exact) mass is 324 g/mol. The second kappa shape index (κ2) is 8.10. The molecule has 1 atom stereocenters. The fourth-order valence-corrected chi connectivity index (χ4v) is 2.44. The first-order valence-electron chi connectivity index (χ1n) is 7.48. The van der Waals surface area contributed by atoms with Crippen molar-refractivity contribution in [2.75, 3.05) is 13.2 Å². The SMILES string of the molecule is [C-]#[N+]c1ccc(CC(C#N)c2cc(C)cc(OCCO)c2F)cc1. The Hall–Kier alpha value is -2.89. The van der Waals surface area contributed by atoms with Gasteiger partial charge >= 0.3 is 0 Å². The minimum atomic E-state index is -0.667. The number of aryl methyl sites for hydroxylation is 1. The van der Waals surface area contributed by atoms with Crippen LogP contribution in [0.5, 0.6) is 5.75 Å². The van der Waals surface area contributed by atoms with Crippen molar-refractivity contribution in [3.05, 3.63) is 70.3 Å². The second-order valence-electron chi connectivity index (χ2n) is 5.40. The number of aliphatic hydroxyl groups is 1. The molecule has 0 aliphatic carbocycles. The summed E-state index contributed by atoms with van der Waals surface area (Å²) in [7, 11) is 0. The van der Waals surface area contributed by atoms with Gasteiger partial charge in [-0.1, -0.05) is 30.3 Å². The summed E-state index contributed by atoms with van der Waals surface area (Å²) < 4.78 is 19.9. The van der Waals surface area contributed by atoms with Gasteiger partial charge in [-0.05, 0) is 30.5 Å². The molecule has 1 N–H and O–H groups in total. The van der Waals surface area contributed by atoms with E-state index in [4.69, 9.17) is 16.4 Å². The Bertz CT molecular complexity index is 789. The fraction of sp³-hybridized carbons (Fsp3) is 0.263. The highest BCUT2D eigenvalue weighted by Gasteiger charge is 2.20. The zero-order valence-corrected chi connectivity index (χ0v) is 13.3. The third kappa shape index (κ3) is 4.10. The summed E-state index contributed by atoms with van der Waals surface area (Å²) in [5.74, 6) is -1.19. The summed E-state index contributed by atoms with van der Waals surface area (Å²) in [4.78, 5) is 3.32. The van der Waals surface area contributed by atoms with E-state index in [0.29, 0.717) is 12.1 Å². The number of hydrogen-bond acceptors (Lipinski definition) is 3. The van der Waals surface area contributed by atoms with Crippen LogP contribution in [0.3, 0.4) is 0 Å². The first-order chi connectivity index (χ1) is 11.6. The van der Waals surface area contributed by atoms with Gasteiger partial charge in [-0.3, -0.25) is 0 Å². The van der Waals surface area contributed by atoms with E-state index in [-0.39, 0.29) is 24.5 Å². The number of nitrogens with zero attached hydrogens (tertiary/aromatic N) is 2. The minimum absolute atomic E-state index is 0.00484. The maximum atomic E-state index is 14.6. The van der Waals surface area contributed by atoms with Crippen molar-refractivity contribution >= 4 is 5.69 Å². The van der Waals surface area contributed by atoms with Gasteiger partial charge in [0, 0.05) is 5.56 Å². The molecule has 0 saturated carbocycles. The number of benzene rings is 2. The van der Waals surface area contributed by atoms with Crippen LogP contribution in [-0.4, -0.2) is 18.3 Å². The summed E-state index contributed by atoms with van der Waals surface area (Å²) >= 11 is 0. The molecule has 0 heterocycles. The average molecular weight is 324 g/mol. The van der Waals surface area contributed by atoms with Gasteiger partial charge in [0.05, 0.1) is 25.2 Å². The molecule has 1 unspecified atom stereocenters. The molecule has 2 rings (SSSR count). The second-order valence-corrected chi connectivity index (χ2v) is 5.40. The smallest absolute Gasteiger partial charge is 0.187 e. The van der Waals surface area contributed by atoms with E-state index in [9.17, 15) is 9.65 Å². The van der Waals surface area contributed by atoms with Gasteiger partial charge in [-0.15, -0.1) is 0 Å². The summed E-state index contributed by atoms with van der Waals surface area (Å²) in [5, 5.41) is 18.3. The molecule has 0 amide bonds. The van der Waals surface area contributed by atoms with Crippen LogP contribution in [0.25, 0.3) is 4.85 Å². The lowest BCUT2D eigenvalue weighted by Gasteiger charge is -2.15. The zero-order valence-electron chi connectivity index (χ0n) is 13.3. The predicted octanol–water partition coefficient (Wildman–Crippen LogP) is 3.91. The Labute approximate surface area is 140 Å². The maximum absolute atomic E-state index is 14.6. The van der Waals surface area contributed by atoms with E-state index in [0.717, 1.165) is 11.1 Å². The number of nitriles is 1. The van der Waals surface area contributed by atoms with E-state index < -0.39 is 11.7 Å². The third-order valence-electron chi connectivity index (χ3n) is 3.60. The number of ether oxygens (including phenoxy) is 1. The average Bonchev–Trinajstić information content (AvgIpc) is 2.60. The maximum Gasteiger partial charge on any atom is 0.187 e. The van der Waals surface area contributed by atoms with Gasteiger partial charge in [0.25, 0.3) is 0 Å². The van der Waals surface area contributed by atoms with Crippen molar-refractivity contribution in [1.82, 2.24) is 0 Å². The Morgan fingerprint density at radius 1 is 1.33 bits per heavy atom. The molecule has 0 aliphatic rings. The van der Waals surface area contributed by atoms with Gasteiger partial charge in [-0.2, -0.15) is 5.26 Å². The number of hydrogen-bond donors (Lipinski definition) is 1. The third-order valence-corrected chi connectivity index (χ3v) is 3.60. The fourth-order valence-electron chi connectivity index (χ4n) is 2.44. The molecule has 0 saturated heterocycles. The van der Waals surface area contributed by atoms with Crippen molar-refractivity contribution < 1.29 is 14.2 Å². The lowest BCUT2D eigenvalue weighted by Crippen LogP contribution is -2.08. The van der Waals surface area contributed by atoms with Crippen LogP contribution < -0.4 is 4.74 Å². The van der Waals surface area contributed by atoms with Crippen LogP contribution in [0.2, 0.25) is 0 Å². The van der Waals surface area contributed by atoms with E-state index >= 15 is 0 Å². The molecule has 0 radical (unpaired) electrons. The molecule has 0 spiro atoms. The molecule has 2 aromatic carbocycles. The summed E-state index contributed by atoms with van der Waals surface area (Å²) in [6.07, 6.45) is 0.342. The summed E-state index contributed by atoms with van der Waals surface area (Å²) in [6, 6.07) is 12.2. The molecule has 5 heteroatoms. The summed E-state index contributed by atoms with van der Waals surface area (Å²) in [5.41, 5.74) is 2.43. The quantitative estimate of drug-likeness (QED) is 0.820. The highest BCUT2D eigenvalue weighted by atomic mass is 19.1. The highest BCUT2D eigenvalue weighted by Crippen LogP contribution is 2.30. The van der Waals surface area contributed by atoms with Crippen molar-refractivity contribution in [1.29, 1.82) is 5.26 Å². The Morgan fingerprint density at radius 3 is 2.62 bits per heavy atom. The normalized spacial score (nSPS) is 11.4. The molecule has 0 bridgehead atoms. The van der Waals surface area contributed by atoms with Crippen LogP contribution >= 0.6 is 0 Å². The number of aliphatic hydroxyl groups excluding tert-OH is 1. The zero-order chi connectivity index (χ0) is 17.5. The Kier molecular flexibility index (Phi) is 5.89. The molecule has 2 aromatic rings. The standard InChI is InChI=1S/C19H17FN2O2/c1-13-9-17(19(20)18(10-13)24-8-7-23)15(12-21)11-14-3-5-16(22-2)6-4-14/h3-6,9-10,15,23H,7-8,11H2,1H3. The molecular weight excluding hydrogens is 307 g/mol. The Morgan fingerprint density at radius 2 is 2.04 bits per heavy atom. The van der Waals surface area contributed by atoms with E-state index in [1.165, 1.54) is 0 Å². The molecule has 4 nitrogen and oxygen atoms in total. The van der Waals surface area contributed by atoms with Crippen molar-refractivity contribution in [2.24, 2.45) is 0 Å². The minimum Gasteiger partial charge on any atom is -0.488 e. The molecule has 0 aliphatic heterocycles. The number of rotatable bonds is 6. The van der Waals surface area contributed by atoms with Crippen molar-refractivity contribution in [2.45, 2.75) is 19.3 Å². The summed E-state index contributed by atoms with van der Waals surface area (Å²) in [6.45, 7) is 8.53. The first-order valence-corrected chi connectivity index (χ1v) is 7.48. The van der Waals surface area contributed by atoms with Crippen LogP contribution in [0, 0.1) is 30.6 Å². The van der Waals surface area contributed by atoms with Crippen LogP contribution in [0.1, 0.15) is 22.6 Å².